The number of anilines is 1. The second-order valence-electron chi connectivity index (χ2n) is 4.88. The molecular weight excluding hydrogens is 284 g/mol. The molecule has 2 aromatic rings. The smallest absolute Gasteiger partial charge is 0.270 e. The summed E-state index contributed by atoms with van der Waals surface area (Å²) in [7, 11) is 0. The predicted molar refractivity (Wildman–Crippen MR) is 85.7 cm³/mol. The van der Waals surface area contributed by atoms with Gasteiger partial charge in [0, 0.05) is 17.6 Å². The van der Waals surface area contributed by atoms with Crippen molar-refractivity contribution in [2.45, 2.75) is 33.2 Å². The number of pyridine rings is 1. The van der Waals surface area contributed by atoms with Crippen LogP contribution in [0.25, 0.3) is 0 Å². The lowest BCUT2D eigenvalue weighted by atomic mass is 10.3. The van der Waals surface area contributed by atoms with Crippen molar-refractivity contribution in [3.63, 3.8) is 0 Å². The molecule has 21 heavy (non-hydrogen) atoms. The van der Waals surface area contributed by atoms with Crippen LogP contribution in [-0.4, -0.2) is 22.4 Å². The van der Waals surface area contributed by atoms with E-state index in [1.807, 2.05) is 25.3 Å². The fraction of sp³-hybridized carbons (Fsp3) is 0.400. The monoisotopic (exact) mass is 304 g/mol. The molecule has 2 rings (SSSR count). The Balaban J connectivity index is 1.96. The molecule has 0 aliphatic rings. The average molecular weight is 304 g/mol. The highest BCUT2D eigenvalue weighted by molar-refractivity contribution is 7.09. The summed E-state index contributed by atoms with van der Waals surface area (Å²) in [6, 6.07) is 3.49. The minimum atomic E-state index is -0.183. The average Bonchev–Trinajstić information content (AvgIpc) is 2.92. The Bertz CT molecular complexity index is 594. The summed E-state index contributed by atoms with van der Waals surface area (Å²) in [6.07, 6.45) is 2.73. The SMILES string of the molecule is CCCNc1ccc(C(=O)NC(C)c2nc(C)cs2)nc1. The molecule has 0 aromatic carbocycles. The van der Waals surface area contributed by atoms with Gasteiger partial charge in [0.25, 0.3) is 5.91 Å². The number of amides is 1. The molecule has 0 aliphatic carbocycles. The van der Waals surface area contributed by atoms with Crippen LogP contribution in [0.1, 0.15) is 47.5 Å². The maximum absolute atomic E-state index is 12.1. The summed E-state index contributed by atoms with van der Waals surface area (Å²) in [5.74, 6) is -0.183. The molecule has 0 saturated carbocycles. The lowest BCUT2D eigenvalue weighted by molar-refractivity contribution is 0.0935. The van der Waals surface area contributed by atoms with Crippen LogP contribution in [0.3, 0.4) is 0 Å². The van der Waals surface area contributed by atoms with Crippen molar-refractivity contribution in [1.29, 1.82) is 0 Å². The van der Waals surface area contributed by atoms with Gasteiger partial charge in [-0.05, 0) is 32.4 Å². The van der Waals surface area contributed by atoms with Crippen molar-refractivity contribution in [2.75, 3.05) is 11.9 Å². The summed E-state index contributed by atoms with van der Waals surface area (Å²) in [4.78, 5) is 20.7. The first-order valence-electron chi connectivity index (χ1n) is 7.03. The molecule has 1 unspecified atom stereocenters. The molecule has 0 bridgehead atoms. The van der Waals surface area contributed by atoms with Crippen molar-refractivity contribution in [1.82, 2.24) is 15.3 Å². The van der Waals surface area contributed by atoms with E-state index in [1.54, 1.807) is 23.6 Å². The van der Waals surface area contributed by atoms with E-state index in [2.05, 4.69) is 27.5 Å². The van der Waals surface area contributed by atoms with Gasteiger partial charge in [-0.1, -0.05) is 6.92 Å². The number of aryl methyl sites for hydroxylation is 1. The molecule has 2 aromatic heterocycles. The Morgan fingerprint density at radius 1 is 1.43 bits per heavy atom. The number of hydrogen-bond donors (Lipinski definition) is 2. The molecule has 0 aliphatic heterocycles. The van der Waals surface area contributed by atoms with E-state index in [-0.39, 0.29) is 11.9 Å². The maximum atomic E-state index is 12.1. The largest absolute Gasteiger partial charge is 0.384 e. The van der Waals surface area contributed by atoms with Crippen LogP contribution in [0, 0.1) is 6.92 Å². The standard InChI is InChI=1S/C15H20N4OS/c1-4-7-16-12-5-6-13(17-8-12)14(20)19-11(3)15-18-10(2)9-21-15/h5-6,8-9,11,16H,4,7H2,1-3H3,(H,19,20). The molecule has 0 saturated heterocycles. The lowest BCUT2D eigenvalue weighted by Crippen LogP contribution is -2.27. The van der Waals surface area contributed by atoms with E-state index in [0.29, 0.717) is 5.69 Å². The van der Waals surface area contributed by atoms with Crippen molar-refractivity contribution >= 4 is 22.9 Å². The third-order valence-electron chi connectivity index (χ3n) is 2.93. The molecule has 2 N–H and O–H groups in total. The first-order valence-corrected chi connectivity index (χ1v) is 7.91. The van der Waals surface area contributed by atoms with E-state index < -0.39 is 0 Å². The second-order valence-corrected chi connectivity index (χ2v) is 5.77. The molecular formula is C15H20N4OS. The zero-order valence-corrected chi connectivity index (χ0v) is 13.3. The number of thiazole rings is 1. The van der Waals surface area contributed by atoms with E-state index in [4.69, 9.17) is 0 Å². The number of nitrogens with zero attached hydrogens (tertiary/aromatic N) is 2. The Labute approximate surface area is 128 Å². The van der Waals surface area contributed by atoms with E-state index >= 15 is 0 Å². The predicted octanol–water partition coefficient (Wildman–Crippen LogP) is 3.16. The van der Waals surface area contributed by atoms with Crippen molar-refractivity contribution < 1.29 is 4.79 Å². The minimum Gasteiger partial charge on any atom is -0.384 e. The van der Waals surface area contributed by atoms with Gasteiger partial charge in [-0.3, -0.25) is 4.79 Å². The minimum absolute atomic E-state index is 0.115. The Hall–Kier alpha value is -1.95. The third kappa shape index (κ3) is 4.26. The Kier molecular flexibility index (Phi) is 5.27. The van der Waals surface area contributed by atoms with Crippen molar-refractivity contribution in [3.8, 4) is 0 Å². The molecule has 0 radical (unpaired) electrons. The molecule has 0 fully saturated rings. The van der Waals surface area contributed by atoms with Crippen LogP contribution in [-0.2, 0) is 0 Å². The fourth-order valence-corrected chi connectivity index (χ4v) is 2.61. The molecule has 2 heterocycles. The number of carbonyl (C=O) groups is 1. The molecule has 1 atom stereocenters. The number of nitrogens with one attached hydrogen (secondary N) is 2. The quantitative estimate of drug-likeness (QED) is 0.860. The van der Waals surface area contributed by atoms with Gasteiger partial charge in [0.05, 0.1) is 17.9 Å². The van der Waals surface area contributed by atoms with Gasteiger partial charge >= 0.3 is 0 Å². The number of rotatable bonds is 6. The third-order valence-corrected chi connectivity index (χ3v) is 4.08. The van der Waals surface area contributed by atoms with Gasteiger partial charge in [0.15, 0.2) is 0 Å². The normalized spacial score (nSPS) is 12.0. The molecule has 112 valence electrons. The number of aromatic nitrogens is 2. The van der Waals surface area contributed by atoms with Crippen molar-refractivity contribution in [2.24, 2.45) is 0 Å². The van der Waals surface area contributed by atoms with E-state index in [9.17, 15) is 4.79 Å². The zero-order chi connectivity index (χ0) is 15.2. The van der Waals surface area contributed by atoms with Gasteiger partial charge < -0.3 is 10.6 Å². The number of carbonyl (C=O) groups excluding carboxylic acids is 1. The van der Waals surface area contributed by atoms with Crippen LogP contribution in [0.15, 0.2) is 23.7 Å². The lowest BCUT2D eigenvalue weighted by Gasteiger charge is -2.11. The Morgan fingerprint density at radius 3 is 2.81 bits per heavy atom. The molecule has 5 nitrogen and oxygen atoms in total. The van der Waals surface area contributed by atoms with Gasteiger partial charge in [0.2, 0.25) is 0 Å². The van der Waals surface area contributed by atoms with Gasteiger partial charge in [-0.25, -0.2) is 9.97 Å². The van der Waals surface area contributed by atoms with E-state index in [0.717, 1.165) is 29.4 Å². The highest BCUT2D eigenvalue weighted by Gasteiger charge is 2.14. The number of hydrogen-bond acceptors (Lipinski definition) is 5. The molecule has 6 heteroatoms. The molecule has 1 amide bonds. The molecule has 0 spiro atoms. The first-order chi connectivity index (χ1) is 10.1. The fourth-order valence-electron chi connectivity index (χ4n) is 1.81. The topological polar surface area (TPSA) is 66.9 Å². The van der Waals surface area contributed by atoms with Crippen LogP contribution < -0.4 is 10.6 Å². The summed E-state index contributed by atoms with van der Waals surface area (Å²) in [5.41, 5.74) is 2.31. The summed E-state index contributed by atoms with van der Waals surface area (Å²) in [5, 5.41) is 9.02. The summed E-state index contributed by atoms with van der Waals surface area (Å²) in [6.45, 7) is 6.86. The van der Waals surface area contributed by atoms with Crippen LogP contribution >= 0.6 is 11.3 Å². The maximum Gasteiger partial charge on any atom is 0.270 e. The van der Waals surface area contributed by atoms with Gasteiger partial charge in [-0.15, -0.1) is 11.3 Å². The van der Waals surface area contributed by atoms with E-state index in [1.165, 1.54) is 0 Å². The van der Waals surface area contributed by atoms with Gasteiger partial charge in [-0.2, -0.15) is 0 Å². The van der Waals surface area contributed by atoms with Crippen LogP contribution in [0.5, 0.6) is 0 Å². The highest BCUT2D eigenvalue weighted by Crippen LogP contribution is 2.17. The van der Waals surface area contributed by atoms with Crippen molar-refractivity contribution in [3.05, 3.63) is 40.1 Å². The summed E-state index contributed by atoms with van der Waals surface area (Å²) < 4.78 is 0. The highest BCUT2D eigenvalue weighted by atomic mass is 32.1. The summed E-state index contributed by atoms with van der Waals surface area (Å²) >= 11 is 1.55. The second kappa shape index (κ2) is 7.17. The Morgan fingerprint density at radius 2 is 2.24 bits per heavy atom. The zero-order valence-electron chi connectivity index (χ0n) is 12.5. The first kappa shape index (κ1) is 15.4. The van der Waals surface area contributed by atoms with Crippen LogP contribution in [0.4, 0.5) is 5.69 Å². The van der Waals surface area contributed by atoms with Gasteiger partial charge in [0.1, 0.15) is 10.7 Å². The van der Waals surface area contributed by atoms with Crippen LogP contribution in [0.2, 0.25) is 0 Å².